The number of hydrogen-bond acceptors (Lipinski definition) is 9. The van der Waals surface area contributed by atoms with Crippen molar-refractivity contribution < 1.29 is 14.2 Å². The van der Waals surface area contributed by atoms with Gasteiger partial charge in [0.15, 0.2) is 5.69 Å². The lowest BCUT2D eigenvalue weighted by Crippen LogP contribution is -2.43. The fourth-order valence-electron chi connectivity index (χ4n) is 1.84. The van der Waals surface area contributed by atoms with E-state index in [9.17, 15) is 9.60 Å². The molecule has 0 radical (unpaired) electrons. The van der Waals surface area contributed by atoms with Crippen LogP contribution in [0.15, 0.2) is 37.4 Å². The van der Waals surface area contributed by atoms with Gasteiger partial charge in [0.05, 0.1) is 4.47 Å². The third-order valence-electron chi connectivity index (χ3n) is 3.00. The van der Waals surface area contributed by atoms with Crippen LogP contribution >= 0.6 is 15.9 Å². The molecule has 0 aliphatic rings. The van der Waals surface area contributed by atoms with Crippen LogP contribution in [0.5, 0.6) is 0 Å². The number of aliphatic imine (C=N–C) groups is 1. The maximum absolute atomic E-state index is 13.3. The molecule has 2 rings (SSSR count). The number of aromatic nitrogens is 2. The summed E-state index contributed by atoms with van der Waals surface area (Å²) in [6.45, 7) is 0.634. The second kappa shape index (κ2) is 9.89. The minimum Gasteiger partial charge on any atom is -0.409 e. The molecule has 0 saturated carbocycles. The van der Waals surface area contributed by atoms with Gasteiger partial charge in [0.2, 0.25) is 23.8 Å². The molecule has 12 nitrogen and oxygen atoms in total. The fourth-order valence-corrected chi connectivity index (χ4v) is 2.22. The molecule has 0 fully saturated rings. The molecule has 0 aliphatic carbocycles. The van der Waals surface area contributed by atoms with Gasteiger partial charge in [-0.2, -0.15) is 5.26 Å². The number of guanidine groups is 1. The third-order valence-corrected chi connectivity index (χ3v) is 3.61. The van der Waals surface area contributed by atoms with Gasteiger partial charge in [-0.05, 0) is 44.4 Å². The van der Waals surface area contributed by atoms with E-state index in [1.807, 2.05) is 0 Å². The summed E-state index contributed by atoms with van der Waals surface area (Å²) in [5.74, 6) is 4.96. The lowest BCUT2D eigenvalue weighted by Gasteiger charge is -2.09. The van der Waals surface area contributed by atoms with Gasteiger partial charge in [-0.15, -0.1) is 4.99 Å². The van der Waals surface area contributed by atoms with E-state index in [-0.39, 0.29) is 27.8 Å². The van der Waals surface area contributed by atoms with Crippen LogP contribution in [0.4, 0.5) is 15.9 Å². The largest absolute Gasteiger partial charge is 0.409 e. The van der Waals surface area contributed by atoms with Crippen molar-refractivity contribution in [2.75, 3.05) is 23.7 Å². The first-order valence-electron chi connectivity index (χ1n) is 7.27. The van der Waals surface area contributed by atoms with Crippen molar-refractivity contribution in [3.05, 3.63) is 34.2 Å². The Morgan fingerprint density at radius 2 is 2.22 bits per heavy atom. The van der Waals surface area contributed by atoms with Crippen LogP contribution in [0.2, 0.25) is 0 Å². The molecule has 0 bridgehead atoms. The number of nitrogens with two attached hydrogens (primary N) is 1. The lowest BCUT2D eigenvalue weighted by atomic mass is 10.3. The SMILES string of the molecule is N#C/N=C(\NN)NCCNc1nonc1/C(=N/O)Nc1ccc(F)c(Br)c1. The molecule has 0 saturated heterocycles. The molecule has 14 heteroatoms. The number of nitrogens with zero attached hydrogens (tertiary/aromatic N) is 5. The Bertz CT molecular complexity index is 878. The molecule has 0 unspecified atom stereocenters. The molecular weight excluding hydrogens is 427 g/mol. The third kappa shape index (κ3) is 5.52. The molecule has 2 aromatic rings. The summed E-state index contributed by atoms with van der Waals surface area (Å²) in [4.78, 5) is 3.40. The Morgan fingerprint density at radius 1 is 1.41 bits per heavy atom. The van der Waals surface area contributed by atoms with Crippen molar-refractivity contribution >= 4 is 39.2 Å². The van der Waals surface area contributed by atoms with E-state index in [0.29, 0.717) is 18.8 Å². The van der Waals surface area contributed by atoms with Crippen molar-refractivity contribution in [1.29, 1.82) is 5.26 Å². The van der Waals surface area contributed by atoms with E-state index >= 15 is 0 Å². The minimum absolute atomic E-state index is 0.0689. The predicted molar refractivity (Wildman–Crippen MR) is 97.2 cm³/mol. The molecule has 0 spiro atoms. The number of hydrogen-bond donors (Lipinski definition) is 6. The number of amidine groups is 1. The number of anilines is 2. The highest BCUT2D eigenvalue weighted by Crippen LogP contribution is 2.21. The summed E-state index contributed by atoms with van der Waals surface area (Å²) in [6, 6.07) is 4.14. The molecule has 27 heavy (non-hydrogen) atoms. The average molecular weight is 441 g/mol. The van der Waals surface area contributed by atoms with Gasteiger partial charge in [0.25, 0.3) is 0 Å². The Balaban J connectivity index is 2.00. The summed E-state index contributed by atoms with van der Waals surface area (Å²) < 4.78 is 18.2. The first kappa shape index (κ1) is 19.9. The molecule has 1 aromatic heterocycles. The number of nitrogens with one attached hydrogen (secondary N) is 4. The number of nitriles is 1. The van der Waals surface area contributed by atoms with Gasteiger partial charge in [-0.25, -0.2) is 14.9 Å². The smallest absolute Gasteiger partial charge is 0.221 e. The first-order chi connectivity index (χ1) is 13.1. The standard InChI is InChI=1S/C13H14BrFN10O2/c14-8-5-7(1-2-9(8)15)21-12(23-26)10-11(25-27-24-10)18-3-4-19-13(22-17)20-6-16/h1-2,5,26H,3-4,17H2,(H,18,25)(H,21,23)(H2,19,20,22). The average Bonchev–Trinajstić information content (AvgIpc) is 3.13. The monoisotopic (exact) mass is 440 g/mol. The topological polar surface area (TPSA) is 182 Å². The van der Waals surface area contributed by atoms with Crippen LogP contribution in [-0.2, 0) is 0 Å². The van der Waals surface area contributed by atoms with Gasteiger partial charge in [-0.1, -0.05) is 5.16 Å². The van der Waals surface area contributed by atoms with E-state index in [2.05, 4.69) is 62.4 Å². The van der Waals surface area contributed by atoms with Crippen molar-refractivity contribution in [3.63, 3.8) is 0 Å². The molecule has 0 aliphatic heterocycles. The molecule has 1 heterocycles. The zero-order chi connectivity index (χ0) is 19.6. The second-order valence-electron chi connectivity index (χ2n) is 4.72. The number of benzene rings is 1. The van der Waals surface area contributed by atoms with E-state index in [0.717, 1.165) is 0 Å². The molecule has 0 atom stereocenters. The Morgan fingerprint density at radius 3 is 2.89 bits per heavy atom. The van der Waals surface area contributed by atoms with Gasteiger partial charge in [-0.3, -0.25) is 5.43 Å². The van der Waals surface area contributed by atoms with E-state index in [1.165, 1.54) is 18.2 Å². The highest BCUT2D eigenvalue weighted by molar-refractivity contribution is 9.10. The number of halogens is 2. The number of oxime groups is 1. The summed E-state index contributed by atoms with van der Waals surface area (Å²) in [6.07, 6.45) is 1.58. The summed E-state index contributed by atoms with van der Waals surface area (Å²) in [7, 11) is 0. The molecule has 142 valence electrons. The Kier molecular flexibility index (Phi) is 7.28. The highest BCUT2D eigenvalue weighted by atomic mass is 79.9. The number of hydrazine groups is 1. The van der Waals surface area contributed by atoms with Crippen molar-refractivity contribution in [2.45, 2.75) is 0 Å². The lowest BCUT2D eigenvalue weighted by molar-refractivity contribution is 0.305. The van der Waals surface area contributed by atoms with Crippen LogP contribution in [0.25, 0.3) is 0 Å². The van der Waals surface area contributed by atoms with Crippen molar-refractivity contribution in [3.8, 4) is 6.19 Å². The van der Waals surface area contributed by atoms with Crippen LogP contribution in [0.1, 0.15) is 5.69 Å². The molecular formula is C13H14BrFN10O2. The molecule has 0 amide bonds. The molecule has 7 N–H and O–H groups in total. The number of rotatable bonds is 6. The minimum atomic E-state index is -0.438. The predicted octanol–water partition coefficient (Wildman–Crippen LogP) is 0.521. The zero-order valence-corrected chi connectivity index (χ0v) is 15.2. The zero-order valence-electron chi connectivity index (χ0n) is 13.6. The van der Waals surface area contributed by atoms with E-state index in [4.69, 9.17) is 11.1 Å². The Labute approximate surface area is 160 Å². The Hall–Kier alpha value is -3.44. The maximum atomic E-state index is 13.3. The normalized spacial score (nSPS) is 11.6. The quantitative estimate of drug-likeness (QED) is 0.0703. The van der Waals surface area contributed by atoms with Crippen LogP contribution in [0.3, 0.4) is 0 Å². The van der Waals surface area contributed by atoms with Gasteiger partial charge in [0.1, 0.15) is 5.82 Å². The van der Waals surface area contributed by atoms with Crippen molar-refractivity contribution in [2.24, 2.45) is 16.0 Å². The van der Waals surface area contributed by atoms with Crippen molar-refractivity contribution in [1.82, 2.24) is 21.1 Å². The molecule has 1 aromatic carbocycles. The first-order valence-corrected chi connectivity index (χ1v) is 8.06. The van der Waals surface area contributed by atoms with Crippen LogP contribution < -0.4 is 27.2 Å². The van der Waals surface area contributed by atoms with Gasteiger partial charge in [0, 0.05) is 18.8 Å². The van der Waals surface area contributed by atoms with Crippen LogP contribution in [-0.4, -0.2) is 40.4 Å². The summed E-state index contributed by atoms with van der Waals surface area (Å²) >= 11 is 3.06. The summed E-state index contributed by atoms with van der Waals surface area (Å²) in [5, 5.41) is 36.7. The van der Waals surface area contributed by atoms with E-state index < -0.39 is 5.82 Å². The van der Waals surface area contributed by atoms with E-state index in [1.54, 1.807) is 6.19 Å². The van der Waals surface area contributed by atoms with Gasteiger partial charge < -0.3 is 21.2 Å². The maximum Gasteiger partial charge on any atom is 0.221 e. The van der Waals surface area contributed by atoms with Crippen LogP contribution in [0, 0.1) is 17.3 Å². The highest BCUT2D eigenvalue weighted by Gasteiger charge is 2.17. The fraction of sp³-hybridized carbons (Fsp3) is 0.154. The second-order valence-corrected chi connectivity index (χ2v) is 5.58. The summed E-state index contributed by atoms with van der Waals surface area (Å²) in [5.41, 5.74) is 2.76. The van der Waals surface area contributed by atoms with Gasteiger partial charge >= 0.3 is 0 Å².